The van der Waals surface area contributed by atoms with Crippen molar-refractivity contribution >= 4 is 40.6 Å². The molecule has 0 spiro atoms. The summed E-state index contributed by atoms with van der Waals surface area (Å²) in [5.41, 5.74) is 7.77. The molecule has 1 aliphatic rings. The van der Waals surface area contributed by atoms with Crippen LogP contribution in [0.15, 0.2) is 52.6 Å². The van der Waals surface area contributed by atoms with Gasteiger partial charge in [-0.15, -0.1) is 4.99 Å². The summed E-state index contributed by atoms with van der Waals surface area (Å²) in [5, 5.41) is 18.5. The number of rotatable bonds is 4. The van der Waals surface area contributed by atoms with Gasteiger partial charge in [-0.2, -0.15) is 19.1 Å². The second kappa shape index (κ2) is 9.05. The lowest BCUT2D eigenvalue weighted by atomic mass is 10.1. The standard InChI is InChI=1S/C18H14Cl2F2N6O/c19-13-5-4-10(6-14(13)20)16-15(24)8-28(27-16)18(25-9-23)26-11-2-1-3-12(7-11)29-17(21)22/h1-7,15,17H,8,24H2,(H,25,26). The number of halogens is 4. The Kier molecular flexibility index (Phi) is 6.49. The van der Waals surface area contributed by atoms with E-state index in [2.05, 4.69) is 20.1 Å². The molecule has 29 heavy (non-hydrogen) atoms. The molecule has 3 rings (SSSR count). The van der Waals surface area contributed by atoms with Gasteiger partial charge in [-0.25, -0.2) is 5.01 Å². The number of hydrogen-bond donors (Lipinski definition) is 2. The van der Waals surface area contributed by atoms with E-state index in [9.17, 15) is 8.78 Å². The van der Waals surface area contributed by atoms with Gasteiger partial charge in [-0.05, 0) is 24.3 Å². The molecule has 3 N–H and O–H groups in total. The highest BCUT2D eigenvalue weighted by Gasteiger charge is 2.28. The zero-order chi connectivity index (χ0) is 21.0. The van der Waals surface area contributed by atoms with Crippen molar-refractivity contribution < 1.29 is 13.5 Å². The Bertz CT molecular complexity index is 1010. The van der Waals surface area contributed by atoms with E-state index in [-0.39, 0.29) is 18.3 Å². The van der Waals surface area contributed by atoms with Crippen LogP contribution in [0.1, 0.15) is 5.56 Å². The third kappa shape index (κ3) is 5.12. The van der Waals surface area contributed by atoms with Crippen LogP contribution in [-0.2, 0) is 0 Å². The molecule has 7 nitrogen and oxygen atoms in total. The smallest absolute Gasteiger partial charge is 0.387 e. The van der Waals surface area contributed by atoms with Crippen LogP contribution in [0.3, 0.4) is 0 Å². The fourth-order valence-corrected chi connectivity index (χ4v) is 2.95. The summed E-state index contributed by atoms with van der Waals surface area (Å²) in [6.45, 7) is -2.72. The monoisotopic (exact) mass is 438 g/mol. The number of benzene rings is 2. The number of hydrazone groups is 1. The Morgan fingerprint density at radius 3 is 2.79 bits per heavy atom. The first kappa shape index (κ1) is 20.8. The molecule has 150 valence electrons. The molecule has 1 heterocycles. The van der Waals surface area contributed by atoms with Gasteiger partial charge < -0.3 is 15.8 Å². The maximum atomic E-state index is 12.4. The molecule has 0 fully saturated rings. The normalized spacial score (nSPS) is 16.6. The fourth-order valence-electron chi connectivity index (χ4n) is 2.66. The summed E-state index contributed by atoms with van der Waals surface area (Å²) in [6, 6.07) is 10.4. The third-order valence-corrected chi connectivity index (χ3v) is 4.62. The minimum atomic E-state index is -2.95. The second-order valence-electron chi connectivity index (χ2n) is 5.87. The zero-order valence-corrected chi connectivity index (χ0v) is 16.2. The summed E-state index contributed by atoms with van der Waals surface area (Å²) in [4.78, 5) is 3.72. The number of nitriles is 1. The molecule has 1 unspecified atom stereocenters. The highest BCUT2D eigenvalue weighted by Crippen LogP contribution is 2.25. The molecule has 2 aromatic rings. The van der Waals surface area contributed by atoms with Crippen LogP contribution < -0.4 is 15.8 Å². The lowest BCUT2D eigenvalue weighted by Gasteiger charge is -2.17. The van der Waals surface area contributed by atoms with Crippen LogP contribution in [0.25, 0.3) is 0 Å². The number of nitrogens with one attached hydrogen (secondary N) is 1. The molecule has 1 atom stereocenters. The van der Waals surface area contributed by atoms with Crippen molar-refractivity contribution in [3.8, 4) is 11.9 Å². The van der Waals surface area contributed by atoms with E-state index in [0.717, 1.165) is 0 Å². The minimum absolute atomic E-state index is 0.0422. The third-order valence-electron chi connectivity index (χ3n) is 3.88. The number of anilines is 1. The molecule has 0 saturated heterocycles. The van der Waals surface area contributed by atoms with Gasteiger partial charge in [0.15, 0.2) is 0 Å². The van der Waals surface area contributed by atoms with E-state index in [1.807, 2.05) is 0 Å². The number of alkyl halides is 2. The average molecular weight is 439 g/mol. The van der Waals surface area contributed by atoms with Crippen molar-refractivity contribution in [3.05, 3.63) is 58.1 Å². The lowest BCUT2D eigenvalue weighted by Crippen LogP contribution is -2.37. The Morgan fingerprint density at radius 2 is 2.10 bits per heavy atom. The molecule has 1 aliphatic heterocycles. The van der Waals surface area contributed by atoms with Gasteiger partial charge in [-0.1, -0.05) is 35.3 Å². The van der Waals surface area contributed by atoms with E-state index >= 15 is 0 Å². The first-order chi connectivity index (χ1) is 13.9. The van der Waals surface area contributed by atoms with Gasteiger partial charge in [-0.3, -0.25) is 0 Å². The van der Waals surface area contributed by atoms with Gasteiger partial charge in [0.1, 0.15) is 5.75 Å². The van der Waals surface area contributed by atoms with Gasteiger partial charge in [0.2, 0.25) is 12.2 Å². The summed E-state index contributed by atoms with van der Waals surface area (Å²) in [6.07, 6.45) is 1.68. The van der Waals surface area contributed by atoms with E-state index in [1.54, 1.807) is 30.5 Å². The number of hydrogen-bond acceptors (Lipinski definition) is 5. The SMILES string of the molecule is N#C/N=C(\Nc1cccc(OC(F)F)c1)N1CC(N)C(c2ccc(Cl)c(Cl)c2)=N1. The van der Waals surface area contributed by atoms with Crippen LogP contribution in [0, 0.1) is 11.5 Å². The van der Waals surface area contributed by atoms with Crippen molar-refractivity contribution in [2.75, 3.05) is 11.9 Å². The lowest BCUT2D eigenvalue weighted by molar-refractivity contribution is -0.0497. The predicted molar refractivity (Wildman–Crippen MR) is 107 cm³/mol. The summed E-state index contributed by atoms with van der Waals surface area (Å²) < 4.78 is 29.2. The Labute approximate surface area is 175 Å². The van der Waals surface area contributed by atoms with Crippen molar-refractivity contribution in [1.29, 1.82) is 5.26 Å². The van der Waals surface area contributed by atoms with Crippen LogP contribution >= 0.6 is 23.2 Å². The van der Waals surface area contributed by atoms with Crippen LogP contribution in [0.5, 0.6) is 5.75 Å². The molecule has 0 saturated carbocycles. The molecule has 0 bridgehead atoms. The largest absolute Gasteiger partial charge is 0.435 e. The zero-order valence-electron chi connectivity index (χ0n) is 14.7. The van der Waals surface area contributed by atoms with Crippen LogP contribution in [-0.4, -0.2) is 35.9 Å². The quantitative estimate of drug-likeness (QED) is 0.428. The summed E-state index contributed by atoms with van der Waals surface area (Å²) >= 11 is 12.0. The first-order valence-corrected chi connectivity index (χ1v) is 8.98. The minimum Gasteiger partial charge on any atom is -0.435 e. The number of ether oxygens (including phenoxy) is 1. The van der Waals surface area contributed by atoms with E-state index in [4.69, 9.17) is 34.2 Å². The predicted octanol–water partition coefficient (Wildman–Crippen LogP) is 3.89. The number of nitrogens with zero attached hydrogens (tertiary/aromatic N) is 4. The Morgan fingerprint density at radius 1 is 1.31 bits per heavy atom. The number of guanidine groups is 1. The Hall–Kier alpha value is -2.93. The highest BCUT2D eigenvalue weighted by atomic mass is 35.5. The molecule has 11 heteroatoms. The second-order valence-corrected chi connectivity index (χ2v) is 6.68. The molecular weight excluding hydrogens is 425 g/mol. The number of nitrogens with two attached hydrogens (primary N) is 1. The topological polar surface area (TPSA) is 99.0 Å². The molecular formula is C18H14Cl2F2N6O. The van der Waals surface area contributed by atoms with E-state index in [1.165, 1.54) is 23.2 Å². The molecule has 0 radical (unpaired) electrons. The van der Waals surface area contributed by atoms with Crippen LogP contribution in [0.2, 0.25) is 10.0 Å². The highest BCUT2D eigenvalue weighted by molar-refractivity contribution is 6.42. The van der Waals surface area contributed by atoms with Gasteiger partial charge in [0.05, 0.1) is 28.3 Å². The van der Waals surface area contributed by atoms with Gasteiger partial charge >= 0.3 is 6.61 Å². The summed E-state index contributed by atoms with van der Waals surface area (Å²) in [7, 11) is 0. The molecule has 0 aliphatic carbocycles. The van der Waals surface area contributed by atoms with E-state index < -0.39 is 12.7 Å². The van der Waals surface area contributed by atoms with Crippen molar-refractivity contribution in [2.24, 2.45) is 15.8 Å². The molecule has 0 amide bonds. The maximum Gasteiger partial charge on any atom is 0.387 e. The van der Waals surface area contributed by atoms with Gasteiger partial charge in [0.25, 0.3) is 0 Å². The summed E-state index contributed by atoms with van der Waals surface area (Å²) in [5.74, 6) is 0.0339. The average Bonchev–Trinajstić information content (AvgIpc) is 3.05. The van der Waals surface area contributed by atoms with E-state index in [0.29, 0.717) is 27.0 Å². The van der Waals surface area contributed by atoms with Gasteiger partial charge in [0, 0.05) is 17.3 Å². The maximum absolute atomic E-state index is 12.4. The fraction of sp³-hybridized carbons (Fsp3) is 0.167. The van der Waals surface area contributed by atoms with Crippen molar-refractivity contribution in [2.45, 2.75) is 12.7 Å². The van der Waals surface area contributed by atoms with Crippen molar-refractivity contribution in [1.82, 2.24) is 5.01 Å². The van der Waals surface area contributed by atoms with Crippen LogP contribution in [0.4, 0.5) is 14.5 Å². The Balaban J connectivity index is 1.85. The molecule has 2 aromatic carbocycles. The first-order valence-electron chi connectivity index (χ1n) is 8.23. The number of aliphatic imine (C=N–C) groups is 1. The molecule has 0 aromatic heterocycles. The van der Waals surface area contributed by atoms with Crippen molar-refractivity contribution in [3.63, 3.8) is 0 Å².